The molecule has 1 aromatic rings. The summed E-state index contributed by atoms with van der Waals surface area (Å²) < 4.78 is 0. The molecule has 1 fully saturated rings. The van der Waals surface area contributed by atoms with Crippen LogP contribution in [0, 0.1) is 11.3 Å². The summed E-state index contributed by atoms with van der Waals surface area (Å²) in [4.78, 5) is 8.60. The van der Waals surface area contributed by atoms with Gasteiger partial charge in [0.1, 0.15) is 5.82 Å². The van der Waals surface area contributed by atoms with E-state index in [9.17, 15) is 0 Å². The van der Waals surface area contributed by atoms with Crippen molar-refractivity contribution in [2.75, 3.05) is 25.5 Å². The predicted molar refractivity (Wildman–Crippen MR) is 67.6 cm³/mol. The highest BCUT2D eigenvalue weighted by atomic mass is 15.2. The molecule has 90 valence electrons. The van der Waals surface area contributed by atoms with E-state index in [2.05, 4.69) is 22.0 Å². The molecular weight excluding hydrogens is 212 g/mol. The summed E-state index contributed by atoms with van der Waals surface area (Å²) >= 11 is 0. The zero-order chi connectivity index (χ0) is 12.3. The largest absolute Gasteiger partial charge is 0.363 e. The van der Waals surface area contributed by atoms with E-state index in [1.54, 1.807) is 0 Å². The second-order valence-electron chi connectivity index (χ2n) is 4.71. The molecule has 0 unspecified atom stereocenters. The van der Waals surface area contributed by atoms with Gasteiger partial charge in [0, 0.05) is 32.9 Å². The van der Waals surface area contributed by atoms with Crippen molar-refractivity contribution < 1.29 is 0 Å². The lowest BCUT2D eigenvalue weighted by atomic mass is 10.2. The molecule has 17 heavy (non-hydrogen) atoms. The molecule has 1 saturated carbocycles. The fourth-order valence-corrected chi connectivity index (χ4v) is 1.85. The van der Waals surface area contributed by atoms with Crippen LogP contribution in [0.2, 0.25) is 0 Å². The van der Waals surface area contributed by atoms with E-state index < -0.39 is 0 Å². The number of hydrogen-bond donors (Lipinski definition) is 0. The molecule has 0 atom stereocenters. The second-order valence-corrected chi connectivity index (χ2v) is 4.71. The number of anilines is 1. The van der Waals surface area contributed by atoms with Crippen LogP contribution in [0.4, 0.5) is 5.82 Å². The van der Waals surface area contributed by atoms with Crippen molar-refractivity contribution in [3.8, 4) is 6.07 Å². The molecule has 1 aliphatic rings. The van der Waals surface area contributed by atoms with Crippen LogP contribution in [0.5, 0.6) is 0 Å². The van der Waals surface area contributed by atoms with Crippen LogP contribution in [-0.2, 0) is 6.54 Å². The Balaban J connectivity index is 1.99. The minimum Gasteiger partial charge on any atom is -0.363 e. The predicted octanol–water partition coefficient (Wildman–Crippen LogP) is 1.64. The molecular formula is C13H18N4. The van der Waals surface area contributed by atoms with Gasteiger partial charge in [-0.2, -0.15) is 5.26 Å². The Kier molecular flexibility index (Phi) is 3.60. The van der Waals surface area contributed by atoms with Crippen LogP contribution in [0.15, 0.2) is 18.3 Å². The van der Waals surface area contributed by atoms with E-state index >= 15 is 0 Å². The van der Waals surface area contributed by atoms with Crippen LogP contribution in [0.25, 0.3) is 0 Å². The van der Waals surface area contributed by atoms with Gasteiger partial charge < -0.3 is 4.90 Å². The Labute approximate surface area is 102 Å². The molecule has 0 saturated heterocycles. The van der Waals surface area contributed by atoms with E-state index in [0.717, 1.165) is 12.4 Å². The van der Waals surface area contributed by atoms with Crippen molar-refractivity contribution in [1.29, 1.82) is 5.26 Å². The number of nitriles is 1. The first kappa shape index (κ1) is 11.9. The quantitative estimate of drug-likeness (QED) is 0.721. The number of rotatable bonds is 5. The van der Waals surface area contributed by atoms with Gasteiger partial charge >= 0.3 is 0 Å². The van der Waals surface area contributed by atoms with Gasteiger partial charge in [-0.05, 0) is 24.5 Å². The van der Waals surface area contributed by atoms with E-state index in [0.29, 0.717) is 12.6 Å². The lowest BCUT2D eigenvalue weighted by Gasteiger charge is -2.18. The smallest absolute Gasteiger partial charge is 0.127 e. The average molecular weight is 230 g/mol. The van der Waals surface area contributed by atoms with Crippen molar-refractivity contribution in [1.82, 2.24) is 9.88 Å². The lowest BCUT2D eigenvalue weighted by Crippen LogP contribution is -2.26. The third kappa shape index (κ3) is 3.18. The minimum atomic E-state index is 0.514. The van der Waals surface area contributed by atoms with Gasteiger partial charge in [0.05, 0.1) is 12.6 Å². The summed E-state index contributed by atoms with van der Waals surface area (Å²) in [5.41, 5.74) is 1.18. The van der Waals surface area contributed by atoms with Gasteiger partial charge in [-0.1, -0.05) is 6.07 Å². The van der Waals surface area contributed by atoms with Gasteiger partial charge in [-0.15, -0.1) is 0 Å². The standard InChI is InChI=1S/C13H18N4/c1-16(2)13-6-3-11(9-15-13)10-17(8-7-14)12-4-5-12/h3,6,9,12H,4-5,8,10H2,1-2H3. The van der Waals surface area contributed by atoms with Crippen LogP contribution < -0.4 is 4.90 Å². The Hall–Kier alpha value is -1.60. The first-order valence-electron chi connectivity index (χ1n) is 5.94. The van der Waals surface area contributed by atoms with Crippen molar-refractivity contribution in [2.45, 2.75) is 25.4 Å². The van der Waals surface area contributed by atoms with E-state index in [1.165, 1.54) is 18.4 Å². The molecule has 4 heteroatoms. The fourth-order valence-electron chi connectivity index (χ4n) is 1.85. The highest BCUT2D eigenvalue weighted by molar-refractivity contribution is 5.37. The summed E-state index contributed by atoms with van der Waals surface area (Å²) in [5.74, 6) is 0.965. The fraction of sp³-hybridized carbons (Fsp3) is 0.538. The summed E-state index contributed by atoms with van der Waals surface area (Å²) in [5, 5.41) is 8.79. The van der Waals surface area contributed by atoms with Crippen molar-refractivity contribution in [3.63, 3.8) is 0 Å². The van der Waals surface area contributed by atoms with Crippen molar-refractivity contribution in [2.24, 2.45) is 0 Å². The average Bonchev–Trinajstić information content (AvgIpc) is 3.13. The van der Waals surface area contributed by atoms with Gasteiger partial charge in [0.2, 0.25) is 0 Å². The molecule has 1 aromatic heterocycles. The molecule has 0 aliphatic heterocycles. The number of hydrogen-bond acceptors (Lipinski definition) is 4. The molecule has 0 aromatic carbocycles. The summed E-state index contributed by atoms with van der Waals surface area (Å²) in [6.07, 6.45) is 4.36. The van der Waals surface area contributed by atoms with E-state index in [-0.39, 0.29) is 0 Å². The van der Waals surface area contributed by atoms with Crippen molar-refractivity contribution in [3.05, 3.63) is 23.9 Å². The van der Waals surface area contributed by atoms with Crippen LogP contribution in [-0.4, -0.2) is 36.6 Å². The molecule has 1 heterocycles. The molecule has 0 amide bonds. The molecule has 0 spiro atoms. The summed E-state index contributed by atoms with van der Waals surface area (Å²) in [7, 11) is 3.96. The first-order valence-corrected chi connectivity index (χ1v) is 5.94. The minimum absolute atomic E-state index is 0.514. The maximum absolute atomic E-state index is 8.79. The third-order valence-electron chi connectivity index (χ3n) is 2.99. The number of aromatic nitrogens is 1. The number of pyridine rings is 1. The van der Waals surface area contributed by atoms with Gasteiger partial charge in [0.15, 0.2) is 0 Å². The molecule has 2 rings (SSSR count). The summed E-state index contributed by atoms with van der Waals surface area (Å²) in [6.45, 7) is 1.35. The Bertz CT molecular complexity index is 400. The third-order valence-corrected chi connectivity index (χ3v) is 2.99. The Morgan fingerprint density at radius 3 is 2.65 bits per heavy atom. The van der Waals surface area contributed by atoms with Crippen LogP contribution >= 0.6 is 0 Å². The Morgan fingerprint density at radius 2 is 2.18 bits per heavy atom. The van der Waals surface area contributed by atoms with Crippen LogP contribution in [0.1, 0.15) is 18.4 Å². The molecule has 1 aliphatic carbocycles. The molecule has 0 bridgehead atoms. The second kappa shape index (κ2) is 5.15. The van der Waals surface area contributed by atoms with Crippen molar-refractivity contribution >= 4 is 5.82 Å². The topological polar surface area (TPSA) is 43.2 Å². The SMILES string of the molecule is CN(C)c1ccc(CN(CC#N)C2CC2)cn1. The molecule has 4 nitrogen and oxygen atoms in total. The maximum Gasteiger partial charge on any atom is 0.127 e. The Morgan fingerprint density at radius 1 is 1.41 bits per heavy atom. The van der Waals surface area contributed by atoms with Gasteiger partial charge in [-0.3, -0.25) is 4.90 Å². The first-order chi connectivity index (χ1) is 8.20. The monoisotopic (exact) mass is 230 g/mol. The maximum atomic E-state index is 8.79. The molecule has 0 radical (unpaired) electrons. The zero-order valence-electron chi connectivity index (χ0n) is 10.4. The zero-order valence-corrected chi connectivity index (χ0v) is 10.4. The van der Waals surface area contributed by atoms with E-state index in [1.807, 2.05) is 31.3 Å². The normalized spacial score (nSPS) is 14.7. The highest BCUT2D eigenvalue weighted by Crippen LogP contribution is 2.27. The highest BCUT2D eigenvalue weighted by Gasteiger charge is 2.28. The van der Waals surface area contributed by atoms with Gasteiger partial charge in [-0.25, -0.2) is 4.98 Å². The number of nitrogens with zero attached hydrogens (tertiary/aromatic N) is 4. The van der Waals surface area contributed by atoms with E-state index in [4.69, 9.17) is 5.26 Å². The molecule has 0 N–H and O–H groups in total. The van der Waals surface area contributed by atoms with Gasteiger partial charge in [0.25, 0.3) is 0 Å². The van der Waals surface area contributed by atoms with Crippen LogP contribution in [0.3, 0.4) is 0 Å². The summed E-state index contributed by atoms with van der Waals surface area (Å²) in [6, 6.07) is 6.96. The lowest BCUT2D eigenvalue weighted by molar-refractivity contribution is 0.287.